The van der Waals surface area contributed by atoms with Gasteiger partial charge in [0.2, 0.25) is 0 Å². The first-order valence-electron chi connectivity index (χ1n) is 19.6. The molecule has 1 aliphatic rings. The van der Waals surface area contributed by atoms with E-state index in [0.717, 1.165) is 5.69 Å². The highest BCUT2D eigenvalue weighted by molar-refractivity contribution is 7.26. The van der Waals surface area contributed by atoms with Gasteiger partial charge < -0.3 is 4.90 Å². The lowest BCUT2D eigenvalue weighted by atomic mass is 9.80. The van der Waals surface area contributed by atoms with Gasteiger partial charge in [0, 0.05) is 46.9 Å². The van der Waals surface area contributed by atoms with E-state index in [9.17, 15) is 0 Å². The highest BCUT2D eigenvalue weighted by atomic mass is 32.1. The Kier molecular flexibility index (Phi) is 8.04. The van der Waals surface area contributed by atoms with Crippen molar-refractivity contribution in [3.8, 4) is 22.3 Å². The molecule has 1 saturated carbocycles. The summed E-state index contributed by atoms with van der Waals surface area (Å²) in [6, 6.07) is 63.6. The minimum atomic E-state index is 0.599. The Morgan fingerprint density at radius 1 is 0.436 bits per heavy atom. The quantitative estimate of drug-likeness (QED) is 0.164. The Morgan fingerprint density at radius 3 is 1.96 bits per heavy atom. The van der Waals surface area contributed by atoms with E-state index in [1.165, 1.54) is 122 Å². The highest BCUT2D eigenvalue weighted by Gasteiger charge is 2.24. The van der Waals surface area contributed by atoms with Gasteiger partial charge in [-0.15, -0.1) is 22.7 Å². The molecule has 0 amide bonds. The molecule has 0 aliphatic heterocycles. The third kappa shape index (κ3) is 5.48. The third-order valence-corrected chi connectivity index (χ3v) is 14.2. The zero-order valence-electron chi connectivity index (χ0n) is 30.5. The normalized spacial score (nSPS) is 13.7. The van der Waals surface area contributed by atoms with E-state index in [4.69, 9.17) is 0 Å². The number of benzene rings is 8. The van der Waals surface area contributed by atoms with E-state index in [0.29, 0.717) is 5.92 Å². The molecule has 264 valence electrons. The summed E-state index contributed by atoms with van der Waals surface area (Å²) in [6.45, 7) is 0. The molecular formula is C52H39NS2. The number of para-hydroxylation sites is 1. The van der Waals surface area contributed by atoms with Crippen LogP contribution < -0.4 is 4.90 Å². The van der Waals surface area contributed by atoms with Gasteiger partial charge in [0.15, 0.2) is 0 Å². The lowest BCUT2D eigenvalue weighted by molar-refractivity contribution is 0.445. The molecule has 1 fully saturated rings. The average Bonchev–Trinajstić information content (AvgIpc) is 3.83. The first-order chi connectivity index (χ1) is 27.3. The fraction of sp³-hybridized carbons (Fsp3) is 0.115. The van der Waals surface area contributed by atoms with E-state index < -0.39 is 0 Å². The summed E-state index contributed by atoms with van der Waals surface area (Å²) < 4.78 is 5.27. The number of hydrogen-bond donors (Lipinski definition) is 0. The average molecular weight is 742 g/mol. The third-order valence-electron chi connectivity index (χ3n) is 11.9. The number of fused-ring (bicyclic) bond motifs is 7. The number of rotatable bonds is 6. The molecule has 0 radical (unpaired) electrons. The molecule has 2 aromatic heterocycles. The Morgan fingerprint density at radius 2 is 1.07 bits per heavy atom. The second kappa shape index (κ2) is 13.5. The minimum absolute atomic E-state index is 0.599. The Hall–Kier alpha value is -5.74. The van der Waals surface area contributed by atoms with Crippen LogP contribution in [0.4, 0.5) is 17.1 Å². The zero-order valence-corrected chi connectivity index (χ0v) is 32.2. The second-order valence-corrected chi connectivity index (χ2v) is 17.2. The molecule has 1 aliphatic carbocycles. The molecule has 0 unspecified atom stereocenters. The highest BCUT2D eigenvalue weighted by Crippen LogP contribution is 2.50. The van der Waals surface area contributed by atoms with Gasteiger partial charge in [0.05, 0.1) is 16.1 Å². The topological polar surface area (TPSA) is 3.24 Å². The van der Waals surface area contributed by atoms with Crippen molar-refractivity contribution in [2.24, 2.45) is 0 Å². The number of nitrogens with zero attached hydrogens (tertiary/aromatic N) is 1. The minimum Gasteiger partial charge on any atom is -0.308 e. The van der Waals surface area contributed by atoms with E-state index >= 15 is 0 Å². The van der Waals surface area contributed by atoms with Crippen molar-refractivity contribution in [1.29, 1.82) is 0 Å². The van der Waals surface area contributed by atoms with Gasteiger partial charge in [0.1, 0.15) is 0 Å². The Labute approximate surface area is 329 Å². The van der Waals surface area contributed by atoms with Crippen molar-refractivity contribution in [3.63, 3.8) is 0 Å². The van der Waals surface area contributed by atoms with Crippen molar-refractivity contribution in [2.75, 3.05) is 4.90 Å². The van der Waals surface area contributed by atoms with Gasteiger partial charge in [0.25, 0.3) is 0 Å². The molecular weight excluding hydrogens is 703 g/mol. The maximum Gasteiger partial charge on any atom is 0.0640 e. The summed E-state index contributed by atoms with van der Waals surface area (Å²) in [4.78, 5) is 2.55. The fourth-order valence-electron chi connectivity index (χ4n) is 9.39. The first kappa shape index (κ1) is 32.7. The molecule has 55 heavy (non-hydrogen) atoms. The molecule has 2 heterocycles. The monoisotopic (exact) mass is 741 g/mol. The number of hydrogen-bond acceptors (Lipinski definition) is 3. The van der Waals surface area contributed by atoms with Crippen molar-refractivity contribution >= 4 is 90.9 Å². The van der Waals surface area contributed by atoms with E-state index in [1.54, 1.807) is 0 Å². The van der Waals surface area contributed by atoms with Crippen LogP contribution in [0.1, 0.15) is 43.6 Å². The maximum atomic E-state index is 2.55. The molecule has 0 spiro atoms. The molecule has 11 rings (SSSR count). The predicted octanol–water partition coefficient (Wildman–Crippen LogP) is 16.4. The Balaban J connectivity index is 1.17. The second-order valence-electron chi connectivity index (χ2n) is 15.0. The van der Waals surface area contributed by atoms with Crippen LogP contribution in [-0.4, -0.2) is 0 Å². The van der Waals surface area contributed by atoms with Crippen LogP contribution in [0.2, 0.25) is 0 Å². The van der Waals surface area contributed by atoms with Crippen molar-refractivity contribution in [1.82, 2.24) is 0 Å². The molecule has 1 nitrogen and oxygen atoms in total. The van der Waals surface area contributed by atoms with Crippen LogP contribution in [0.15, 0.2) is 170 Å². The molecule has 0 saturated heterocycles. The molecule has 10 aromatic rings. The number of anilines is 3. The first-order valence-corrected chi connectivity index (χ1v) is 21.3. The lowest BCUT2D eigenvalue weighted by Crippen LogP contribution is -2.12. The van der Waals surface area contributed by atoms with Crippen LogP contribution in [0, 0.1) is 0 Å². The summed E-state index contributed by atoms with van der Waals surface area (Å²) in [6.07, 6.45) is 6.53. The maximum absolute atomic E-state index is 2.55. The van der Waals surface area contributed by atoms with Gasteiger partial charge in [-0.2, -0.15) is 0 Å². The van der Waals surface area contributed by atoms with Gasteiger partial charge in [-0.1, -0.05) is 147 Å². The molecule has 0 N–H and O–H groups in total. The van der Waals surface area contributed by atoms with E-state index in [-0.39, 0.29) is 0 Å². The molecule has 8 aromatic carbocycles. The van der Waals surface area contributed by atoms with Gasteiger partial charge >= 0.3 is 0 Å². The molecule has 0 atom stereocenters. The lowest BCUT2D eigenvalue weighted by Gasteiger charge is -2.30. The van der Waals surface area contributed by atoms with Crippen LogP contribution in [0.5, 0.6) is 0 Å². The molecule has 3 heteroatoms. The van der Waals surface area contributed by atoms with Gasteiger partial charge in [-0.05, 0) is 94.3 Å². The van der Waals surface area contributed by atoms with Crippen molar-refractivity contribution in [2.45, 2.75) is 38.0 Å². The van der Waals surface area contributed by atoms with E-state index in [2.05, 4.69) is 175 Å². The largest absolute Gasteiger partial charge is 0.308 e. The van der Waals surface area contributed by atoms with Crippen LogP contribution in [-0.2, 0) is 0 Å². The van der Waals surface area contributed by atoms with Crippen molar-refractivity contribution in [3.05, 3.63) is 175 Å². The summed E-state index contributed by atoms with van der Waals surface area (Å²) in [5, 5.41) is 8.01. The summed E-state index contributed by atoms with van der Waals surface area (Å²) in [7, 11) is 0. The van der Waals surface area contributed by atoms with Crippen LogP contribution in [0.3, 0.4) is 0 Å². The van der Waals surface area contributed by atoms with E-state index in [1.807, 2.05) is 22.7 Å². The predicted molar refractivity (Wildman–Crippen MR) is 241 cm³/mol. The zero-order chi connectivity index (χ0) is 36.3. The standard InChI is InChI=1S/C52H39NS2/c1-2-15-34(16-3-1)38-24-11-17-35-18-12-26-42(50(35)38)40-21-4-7-28-45(40)53(46-29-13-27-43-41-22-5-8-30-47(41)55-52(43)46)37-20-10-19-36(33-37)39-25-14-32-49-51(39)44-23-6-9-31-48(44)54-49/h4-14,17-34H,1-3,15-16H2. The Bertz CT molecular complexity index is 3040. The number of thiophene rings is 2. The summed E-state index contributed by atoms with van der Waals surface area (Å²) in [5.41, 5.74) is 10.1. The summed E-state index contributed by atoms with van der Waals surface area (Å²) in [5.74, 6) is 0.599. The smallest absolute Gasteiger partial charge is 0.0640 e. The molecule has 0 bridgehead atoms. The summed E-state index contributed by atoms with van der Waals surface area (Å²) >= 11 is 3.78. The van der Waals surface area contributed by atoms with Crippen LogP contribution in [0.25, 0.3) is 73.4 Å². The van der Waals surface area contributed by atoms with Crippen molar-refractivity contribution < 1.29 is 0 Å². The SMILES string of the molecule is c1cc(-c2cccc3sc4ccccc4c23)cc(N(c2ccccc2-c2cccc3cccc(C4CCCCC4)c23)c2cccc3c2sc2ccccc23)c1. The van der Waals surface area contributed by atoms with Crippen LogP contribution >= 0.6 is 22.7 Å². The fourth-order valence-corrected chi connectivity index (χ4v) is 11.7. The van der Waals surface area contributed by atoms with Gasteiger partial charge in [-0.25, -0.2) is 0 Å². The van der Waals surface area contributed by atoms with Gasteiger partial charge in [-0.3, -0.25) is 0 Å².